The number of sulfonamides is 1. The molecule has 0 bridgehead atoms. The molecule has 2 fully saturated rings. The Morgan fingerprint density at radius 3 is 2.42 bits per heavy atom. The molecule has 0 radical (unpaired) electrons. The highest BCUT2D eigenvalue weighted by molar-refractivity contribution is 7.90. The van der Waals surface area contributed by atoms with Gasteiger partial charge in [0.1, 0.15) is 4.75 Å². The molecule has 4 nitrogen and oxygen atoms in total. The van der Waals surface area contributed by atoms with Gasteiger partial charge in [0, 0.05) is 13.7 Å². The number of piperidine rings is 1. The molecule has 3 rings (SSSR count). The van der Waals surface area contributed by atoms with Crippen molar-refractivity contribution in [3.8, 4) is 0 Å². The van der Waals surface area contributed by atoms with Crippen LogP contribution in [0, 0.1) is 12.8 Å². The molecule has 0 aromatic heterocycles. The fourth-order valence-corrected chi connectivity index (χ4v) is 6.80. The monoisotopic (exact) mass is 351 g/mol. The Morgan fingerprint density at radius 2 is 1.88 bits per heavy atom. The number of hydrogen-bond donors (Lipinski definition) is 0. The van der Waals surface area contributed by atoms with Crippen LogP contribution >= 0.6 is 0 Å². The summed E-state index contributed by atoms with van der Waals surface area (Å²) >= 11 is 0. The minimum Gasteiger partial charge on any atom is -0.383 e. The Bertz CT molecular complexity index is 664. The second kappa shape index (κ2) is 6.77. The van der Waals surface area contributed by atoms with E-state index >= 15 is 0 Å². The van der Waals surface area contributed by atoms with E-state index in [4.69, 9.17) is 4.74 Å². The van der Waals surface area contributed by atoms with E-state index in [-0.39, 0.29) is 6.04 Å². The number of ether oxygens (including phenoxy) is 1. The third-order valence-electron chi connectivity index (χ3n) is 5.83. The average Bonchev–Trinajstić information content (AvgIpc) is 2.51. The standard InChI is InChI=1S/C19H29NO3S/c1-15-7-9-17(10-8-15)18-16(2)6-4-13-20(18)24(21,22)19(14-23-3)11-5-12-19/h7-10,16,18H,4-6,11-14H2,1-3H3. The van der Waals surface area contributed by atoms with Gasteiger partial charge < -0.3 is 4.74 Å². The van der Waals surface area contributed by atoms with Gasteiger partial charge in [-0.15, -0.1) is 0 Å². The van der Waals surface area contributed by atoms with Gasteiger partial charge in [-0.05, 0) is 44.1 Å². The molecule has 2 unspecified atom stereocenters. The minimum absolute atomic E-state index is 0.0568. The number of aryl methyl sites for hydroxylation is 1. The van der Waals surface area contributed by atoms with E-state index in [0.29, 0.717) is 31.9 Å². The molecule has 1 heterocycles. The van der Waals surface area contributed by atoms with Crippen LogP contribution in [0.5, 0.6) is 0 Å². The van der Waals surface area contributed by atoms with E-state index in [1.54, 1.807) is 11.4 Å². The zero-order valence-electron chi connectivity index (χ0n) is 15.0. The first-order valence-electron chi connectivity index (χ1n) is 8.98. The molecule has 2 aliphatic rings. The van der Waals surface area contributed by atoms with Crippen LogP contribution in [0.4, 0.5) is 0 Å². The second-order valence-corrected chi connectivity index (χ2v) is 9.85. The lowest BCUT2D eigenvalue weighted by Gasteiger charge is -2.48. The highest BCUT2D eigenvalue weighted by Gasteiger charge is 2.54. The van der Waals surface area contributed by atoms with Crippen LogP contribution in [-0.4, -0.2) is 37.7 Å². The van der Waals surface area contributed by atoms with Gasteiger partial charge in [0.05, 0.1) is 12.6 Å². The highest BCUT2D eigenvalue weighted by Crippen LogP contribution is 2.46. The number of rotatable bonds is 5. The normalized spacial score (nSPS) is 27.6. The average molecular weight is 352 g/mol. The molecule has 1 saturated carbocycles. The molecule has 1 aliphatic carbocycles. The zero-order valence-corrected chi connectivity index (χ0v) is 15.8. The van der Waals surface area contributed by atoms with Crippen LogP contribution in [0.25, 0.3) is 0 Å². The summed E-state index contributed by atoms with van der Waals surface area (Å²) in [5.74, 6) is 0.330. The molecule has 134 valence electrons. The quantitative estimate of drug-likeness (QED) is 0.813. The predicted octanol–water partition coefficient (Wildman–Crippen LogP) is 3.67. The smallest absolute Gasteiger partial charge is 0.222 e. The number of hydrogen-bond acceptors (Lipinski definition) is 3. The zero-order chi connectivity index (χ0) is 17.4. The van der Waals surface area contributed by atoms with Crippen LogP contribution in [0.15, 0.2) is 24.3 Å². The van der Waals surface area contributed by atoms with Crippen LogP contribution in [0.2, 0.25) is 0 Å². The molecular formula is C19H29NO3S. The van der Waals surface area contributed by atoms with E-state index in [0.717, 1.165) is 24.8 Å². The van der Waals surface area contributed by atoms with Gasteiger partial charge in [0.25, 0.3) is 0 Å². The molecule has 2 atom stereocenters. The van der Waals surface area contributed by atoms with Gasteiger partial charge in [-0.3, -0.25) is 0 Å². The lowest BCUT2D eigenvalue weighted by molar-refractivity contribution is 0.113. The van der Waals surface area contributed by atoms with E-state index in [1.165, 1.54) is 5.56 Å². The van der Waals surface area contributed by atoms with Gasteiger partial charge in [-0.25, -0.2) is 8.42 Å². The van der Waals surface area contributed by atoms with Crippen molar-refractivity contribution in [1.82, 2.24) is 4.31 Å². The Kier molecular flexibility index (Phi) is 5.05. The number of nitrogens with zero attached hydrogens (tertiary/aromatic N) is 1. The first-order chi connectivity index (χ1) is 11.4. The largest absolute Gasteiger partial charge is 0.383 e. The lowest BCUT2D eigenvalue weighted by Crippen LogP contribution is -2.57. The molecule has 0 N–H and O–H groups in total. The maximum Gasteiger partial charge on any atom is 0.222 e. The van der Waals surface area contributed by atoms with E-state index in [9.17, 15) is 8.42 Å². The maximum atomic E-state index is 13.5. The summed E-state index contributed by atoms with van der Waals surface area (Å²) in [5, 5.41) is 0. The Morgan fingerprint density at radius 1 is 1.21 bits per heavy atom. The SMILES string of the molecule is COCC1(S(=O)(=O)N2CCCC(C)C2c2ccc(C)cc2)CCC1. The number of benzene rings is 1. The molecule has 1 aromatic carbocycles. The predicted molar refractivity (Wildman–Crippen MR) is 96.4 cm³/mol. The first kappa shape index (κ1) is 17.9. The van der Waals surface area contributed by atoms with Gasteiger partial charge in [0.15, 0.2) is 0 Å². The Hall–Kier alpha value is -0.910. The molecule has 5 heteroatoms. The van der Waals surface area contributed by atoms with Gasteiger partial charge in [-0.2, -0.15) is 4.31 Å². The van der Waals surface area contributed by atoms with Gasteiger partial charge in [-0.1, -0.05) is 43.2 Å². The summed E-state index contributed by atoms with van der Waals surface area (Å²) in [5.41, 5.74) is 2.31. The Labute approximate surface area is 146 Å². The van der Waals surface area contributed by atoms with Gasteiger partial charge in [0.2, 0.25) is 10.0 Å². The van der Waals surface area contributed by atoms with Crippen LogP contribution in [0.3, 0.4) is 0 Å². The van der Waals surface area contributed by atoms with Crippen molar-refractivity contribution in [1.29, 1.82) is 0 Å². The van der Waals surface area contributed by atoms with Crippen molar-refractivity contribution in [3.05, 3.63) is 35.4 Å². The molecule has 1 saturated heterocycles. The molecule has 0 amide bonds. The summed E-state index contributed by atoms with van der Waals surface area (Å²) in [7, 11) is -1.78. The topological polar surface area (TPSA) is 46.6 Å². The molecule has 1 aromatic rings. The van der Waals surface area contributed by atoms with E-state index < -0.39 is 14.8 Å². The summed E-state index contributed by atoms with van der Waals surface area (Å²) in [6.07, 6.45) is 4.41. The Balaban J connectivity index is 1.98. The lowest BCUT2D eigenvalue weighted by atomic mass is 9.85. The van der Waals surface area contributed by atoms with Crippen LogP contribution in [-0.2, 0) is 14.8 Å². The van der Waals surface area contributed by atoms with Gasteiger partial charge >= 0.3 is 0 Å². The molecule has 0 spiro atoms. The third kappa shape index (κ3) is 2.91. The van der Waals surface area contributed by atoms with Crippen molar-refractivity contribution in [2.24, 2.45) is 5.92 Å². The molecule has 1 aliphatic heterocycles. The fourth-order valence-electron chi connectivity index (χ4n) is 4.24. The van der Waals surface area contributed by atoms with E-state index in [1.807, 2.05) is 0 Å². The van der Waals surface area contributed by atoms with Crippen molar-refractivity contribution in [2.45, 2.75) is 56.7 Å². The van der Waals surface area contributed by atoms with Crippen molar-refractivity contribution >= 4 is 10.0 Å². The van der Waals surface area contributed by atoms with Crippen molar-refractivity contribution in [3.63, 3.8) is 0 Å². The first-order valence-corrected chi connectivity index (χ1v) is 10.4. The molecular weight excluding hydrogens is 322 g/mol. The summed E-state index contributed by atoms with van der Waals surface area (Å²) in [6.45, 7) is 5.16. The van der Waals surface area contributed by atoms with Crippen molar-refractivity contribution < 1.29 is 13.2 Å². The van der Waals surface area contributed by atoms with E-state index in [2.05, 4.69) is 38.1 Å². The highest BCUT2D eigenvalue weighted by atomic mass is 32.2. The maximum absolute atomic E-state index is 13.5. The summed E-state index contributed by atoms with van der Waals surface area (Å²) in [6, 6.07) is 8.28. The minimum atomic E-state index is -3.38. The second-order valence-electron chi connectivity index (χ2n) is 7.56. The molecule has 24 heavy (non-hydrogen) atoms. The summed E-state index contributed by atoms with van der Waals surface area (Å²) in [4.78, 5) is 0. The van der Waals surface area contributed by atoms with Crippen LogP contribution in [0.1, 0.15) is 56.2 Å². The number of methoxy groups -OCH3 is 1. The van der Waals surface area contributed by atoms with Crippen molar-refractivity contribution in [2.75, 3.05) is 20.3 Å². The third-order valence-corrected chi connectivity index (χ3v) is 8.48. The fraction of sp³-hybridized carbons (Fsp3) is 0.684. The summed E-state index contributed by atoms with van der Waals surface area (Å²) < 4.78 is 33.4. The van der Waals surface area contributed by atoms with Crippen LogP contribution < -0.4 is 0 Å².